The number of ether oxygens (including phenoxy) is 1. The molecule has 0 radical (unpaired) electrons. The Labute approximate surface area is 94.4 Å². The van der Waals surface area contributed by atoms with Crippen molar-refractivity contribution in [3.8, 4) is 5.75 Å². The zero-order valence-electron chi connectivity index (χ0n) is 9.59. The molecule has 0 aliphatic heterocycles. The number of methoxy groups -OCH3 is 1. The normalized spacial score (nSPS) is 23.4. The van der Waals surface area contributed by atoms with Gasteiger partial charge in [-0.05, 0) is 30.9 Å². The van der Waals surface area contributed by atoms with Crippen molar-refractivity contribution in [1.82, 2.24) is 0 Å². The summed E-state index contributed by atoms with van der Waals surface area (Å²) in [7, 11) is 1.58. The molecule has 88 valence electrons. The van der Waals surface area contributed by atoms with Gasteiger partial charge < -0.3 is 4.74 Å². The fourth-order valence-corrected chi connectivity index (χ4v) is 2.39. The van der Waals surface area contributed by atoms with Crippen molar-refractivity contribution < 1.29 is 13.5 Å². The van der Waals surface area contributed by atoms with E-state index >= 15 is 0 Å². The zero-order valence-corrected chi connectivity index (χ0v) is 9.59. The number of halogens is 2. The molecule has 0 aromatic heterocycles. The summed E-state index contributed by atoms with van der Waals surface area (Å²) in [6.07, 6.45) is 0.494. The van der Waals surface area contributed by atoms with E-state index in [1.165, 1.54) is 0 Å². The molecule has 1 unspecified atom stereocenters. The summed E-state index contributed by atoms with van der Waals surface area (Å²) in [4.78, 5) is 0. The van der Waals surface area contributed by atoms with Gasteiger partial charge in [-0.15, -0.1) is 0 Å². The molecule has 3 heteroatoms. The highest BCUT2D eigenvalue weighted by molar-refractivity contribution is 5.40. The second-order valence-electron chi connectivity index (χ2n) is 4.54. The molecule has 1 atom stereocenters. The lowest BCUT2D eigenvalue weighted by Crippen LogP contribution is -2.09. The second-order valence-corrected chi connectivity index (χ2v) is 4.54. The van der Waals surface area contributed by atoms with Crippen LogP contribution in [-0.4, -0.2) is 13.0 Å². The first-order valence-electron chi connectivity index (χ1n) is 5.54. The van der Waals surface area contributed by atoms with Gasteiger partial charge in [0.1, 0.15) is 5.75 Å². The van der Waals surface area contributed by atoms with Gasteiger partial charge in [0.25, 0.3) is 0 Å². The summed E-state index contributed by atoms with van der Waals surface area (Å²) in [5, 5.41) is 0. The Bertz CT molecular complexity index is 388. The first kappa shape index (κ1) is 11.4. The van der Waals surface area contributed by atoms with Crippen LogP contribution in [0.2, 0.25) is 0 Å². The maximum Gasteiger partial charge on any atom is 0.248 e. The monoisotopic (exact) mass is 226 g/mol. The molecule has 0 heterocycles. The Morgan fingerprint density at radius 2 is 2.12 bits per heavy atom. The molecule has 0 N–H and O–H groups in total. The summed E-state index contributed by atoms with van der Waals surface area (Å²) in [6, 6.07) is 5.77. The molecule has 2 rings (SSSR count). The number of benzene rings is 1. The Hall–Kier alpha value is -1.12. The summed E-state index contributed by atoms with van der Waals surface area (Å²) in [6.45, 7) is 1.97. The van der Waals surface area contributed by atoms with Crippen molar-refractivity contribution in [3.63, 3.8) is 0 Å². The summed E-state index contributed by atoms with van der Waals surface area (Å²) in [5.74, 6) is -1.84. The molecule has 1 nitrogen and oxygen atoms in total. The van der Waals surface area contributed by atoms with E-state index in [9.17, 15) is 8.78 Å². The van der Waals surface area contributed by atoms with Crippen LogP contribution in [0.15, 0.2) is 18.2 Å². The van der Waals surface area contributed by atoms with E-state index in [1.54, 1.807) is 7.11 Å². The Kier molecular flexibility index (Phi) is 2.87. The van der Waals surface area contributed by atoms with Gasteiger partial charge in [-0.1, -0.05) is 17.7 Å². The van der Waals surface area contributed by atoms with E-state index in [4.69, 9.17) is 4.74 Å². The Balaban J connectivity index is 2.30. The zero-order chi connectivity index (χ0) is 11.8. The number of alkyl halides is 2. The van der Waals surface area contributed by atoms with Gasteiger partial charge >= 0.3 is 0 Å². The van der Waals surface area contributed by atoms with Gasteiger partial charge in [-0.25, -0.2) is 8.78 Å². The number of aryl methyl sites for hydroxylation is 1. The first-order chi connectivity index (χ1) is 7.52. The molecule has 0 amide bonds. The van der Waals surface area contributed by atoms with Crippen molar-refractivity contribution >= 4 is 0 Å². The van der Waals surface area contributed by atoms with Gasteiger partial charge in [-0.3, -0.25) is 0 Å². The van der Waals surface area contributed by atoms with Crippen molar-refractivity contribution in [2.75, 3.05) is 7.11 Å². The van der Waals surface area contributed by atoms with Crippen LogP contribution in [-0.2, 0) is 0 Å². The lowest BCUT2D eigenvalue weighted by Gasteiger charge is -2.15. The van der Waals surface area contributed by atoms with Gasteiger partial charge in [0, 0.05) is 12.8 Å². The van der Waals surface area contributed by atoms with E-state index < -0.39 is 5.92 Å². The first-order valence-corrected chi connectivity index (χ1v) is 5.54. The van der Waals surface area contributed by atoms with Gasteiger partial charge in [0.05, 0.1) is 7.11 Å². The van der Waals surface area contributed by atoms with E-state index in [-0.39, 0.29) is 18.8 Å². The second kappa shape index (κ2) is 4.04. The summed E-state index contributed by atoms with van der Waals surface area (Å²) >= 11 is 0. The highest BCUT2D eigenvalue weighted by Crippen LogP contribution is 2.46. The number of rotatable bonds is 2. The highest BCUT2D eigenvalue weighted by Gasteiger charge is 2.40. The lowest BCUT2D eigenvalue weighted by atomic mass is 9.95. The van der Waals surface area contributed by atoms with E-state index in [0.29, 0.717) is 6.42 Å². The smallest absolute Gasteiger partial charge is 0.248 e. The molecule has 1 aromatic rings. The molecular weight excluding hydrogens is 210 g/mol. The predicted molar refractivity (Wildman–Crippen MR) is 59.3 cm³/mol. The average Bonchev–Trinajstić information content (AvgIpc) is 2.59. The predicted octanol–water partition coefficient (Wildman–Crippen LogP) is 3.91. The Morgan fingerprint density at radius 1 is 1.38 bits per heavy atom. The molecule has 1 fully saturated rings. The molecule has 1 aliphatic carbocycles. The average molecular weight is 226 g/mol. The standard InChI is InChI=1S/C13H16F2O/c1-9-3-4-12(16-2)11(7-9)10-5-6-13(14,15)8-10/h3-4,7,10H,5-6,8H2,1-2H3. The van der Waals surface area contributed by atoms with Crippen molar-refractivity contribution in [2.45, 2.75) is 38.0 Å². The van der Waals surface area contributed by atoms with Crippen LogP contribution in [0.1, 0.15) is 36.3 Å². The minimum Gasteiger partial charge on any atom is -0.496 e. The van der Waals surface area contributed by atoms with Crippen molar-refractivity contribution in [2.24, 2.45) is 0 Å². The summed E-state index contributed by atoms with van der Waals surface area (Å²) < 4.78 is 31.6. The Morgan fingerprint density at radius 3 is 2.69 bits per heavy atom. The lowest BCUT2D eigenvalue weighted by molar-refractivity contribution is 0.00772. The molecule has 0 saturated heterocycles. The van der Waals surface area contributed by atoms with E-state index in [2.05, 4.69) is 0 Å². The molecule has 0 bridgehead atoms. The van der Waals surface area contributed by atoms with Crippen LogP contribution in [0.3, 0.4) is 0 Å². The fourth-order valence-electron chi connectivity index (χ4n) is 2.39. The van der Waals surface area contributed by atoms with Crippen LogP contribution in [0, 0.1) is 6.92 Å². The quantitative estimate of drug-likeness (QED) is 0.743. The molecule has 16 heavy (non-hydrogen) atoms. The topological polar surface area (TPSA) is 9.23 Å². The number of hydrogen-bond donors (Lipinski definition) is 0. The highest BCUT2D eigenvalue weighted by atomic mass is 19.3. The molecule has 1 aromatic carbocycles. The van der Waals surface area contributed by atoms with E-state index in [1.807, 2.05) is 25.1 Å². The summed E-state index contributed by atoms with van der Waals surface area (Å²) in [5.41, 5.74) is 2.02. The third-order valence-corrected chi connectivity index (χ3v) is 3.23. The largest absolute Gasteiger partial charge is 0.496 e. The van der Waals surface area contributed by atoms with Gasteiger partial charge in [0.15, 0.2) is 0 Å². The molecule has 0 spiro atoms. The fraction of sp³-hybridized carbons (Fsp3) is 0.538. The van der Waals surface area contributed by atoms with Crippen molar-refractivity contribution in [3.05, 3.63) is 29.3 Å². The molecular formula is C13H16F2O. The van der Waals surface area contributed by atoms with E-state index in [0.717, 1.165) is 16.9 Å². The third kappa shape index (κ3) is 2.18. The SMILES string of the molecule is COc1ccc(C)cc1C1CCC(F)(F)C1. The number of hydrogen-bond acceptors (Lipinski definition) is 1. The minimum absolute atomic E-state index is 0.00520. The van der Waals surface area contributed by atoms with Crippen molar-refractivity contribution in [1.29, 1.82) is 0 Å². The van der Waals surface area contributed by atoms with Crippen LogP contribution < -0.4 is 4.74 Å². The molecule has 1 saturated carbocycles. The maximum atomic E-state index is 13.2. The molecule has 1 aliphatic rings. The van der Waals surface area contributed by atoms with Crippen LogP contribution in [0.5, 0.6) is 5.75 Å². The van der Waals surface area contributed by atoms with Crippen LogP contribution >= 0.6 is 0 Å². The third-order valence-electron chi connectivity index (χ3n) is 3.23. The van der Waals surface area contributed by atoms with Gasteiger partial charge in [-0.2, -0.15) is 0 Å². The minimum atomic E-state index is -2.50. The van der Waals surface area contributed by atoms with Crippen LogP contribution in [0.4, 0.5) is 8.78 Å². The van der Waals surface area contributed by atoms with Crippen LogP contribution in [0.25, 0.3) is 0 Å². The van der Waals surface area contributed by atoms with Gasteiger partial charge in [0.2, 0.25) is 5.92 Å². The maximum absolute atomic E-state index is 13.2.